The summed E-state index contributed by atoms with van der Waals surface area (Å²) >= 11 is 0. The van der Waals surface area contributed by atoms with Crippen molar-refractivity contribution < 1.29 is 9.72 Å². The molecule has 0 aromatic heterocycles. The van der Waals surface area contributed by atoms with Gasteiger partial charge in [-0.3, -0.25) is 14.9 Å². The van der Waals surface area contributed by atoms with E-state index in [9.17, 15) is 14.9 Å². The first kappa shape index (κ1) is 14.2. The summed E-state index contributed by atoms with van der Waals surface area (Å²) in [5.74, 6) is -0.0341. The molecule has 0 aliphatic heterocycles. The van der Waals surface area contributed by atoms with Crippen molar-refractivity contribution in [3.63, 3.8) is 0 Å². The van der Waals surface area contributed by atoms with Crippen molar-refractivity contribution in [1.29, 1.82) is 0 Å². The van der Waals surface area contributed by atoms with Gasteiger partial charge in [0.1, 0.15) is 0 Å². The van der Waals surface area contributed by atoms with E-state index in [1.807, 2.05) is 0 Å². The molecule has 0 spiro atoms. The third-order valence-electron chi connectivity index (χ3n) is 3.51. The van der Waals surface area contributed by atoms with Crippen molar-refractivity contribution in [3.8, 4) is 0 Å². The van der Waals surface area contributed by atoms with Crippen LogP contribution in [0.5, 0.6) is 0 Å². The predicted molar refractivity (Wildman–Crippen MR) is 75.6 cm³/mol. The van der Waals surface area contributed by atoms with Crippen LogP contribution in [0.1, 0.15) is 43.0 Å². The Labute approximate surface area is 117 Å². The molecular formula is C14H17N3O3. The molecule has 0 heterocycles. The third-order valence-corrected chi connectivity index (χ3v) is 3.51. The summed E-state index contributed by atoms with van der Waals surface area (Å²) in [6, 6.07) is 5.63. The highest BCUT2D eigenvalue weighted by Gasteiger charge is 2.17. The van der Waals surface area contributed by atoms with Crippen LogP contribution in [0.4, 0.5) is 5.69 Å². The van der Waals surface area contributed by atoms with Gasteiger partial charge in [0, 0.05) is 23.4 Å². The second kappa shape index (κ2) is 6.27. The minimum atomic E-state index is -0.522. The normalized spacial score (nSPS) is 20.6. The zero-order valence-electron chi connectivity index (χ0n) is 11.3. The summed E-state index contributed by atoms with van der Waals surface area (Å²) in [5.41, 5.74) is 3.63. The summed E-state index contributed by atoms with van der Waals surface area (Å²) in [4.78, 5) is 22.1. The molecule has 1 amide bonds. The van der Waals surface area contributed by atoms with Gasteiger partial charge in [-0.1, -0.05) is 19.4 Å². The fourth-order valence-electron chi connectivity index (χ4n) is 2.28. The highest BCUT2D eigenvalue weighted by atomic mass is 16.6. The van der Waals surface area contributed by atoms with Gasteiger partial charge in [-0.2, -0.15) is 5.10 Å². The number of hydrogen-bond donors (Lipinski definition) is 1. The topological polar surface area (TPSA) is 84.6 Å². The summed E-state index contributed by atoms with van der Waals surface area (Å²) in [7, 11) is 0. The van der Waals surface area contributed by atoms with Gasteiger partial charge in [-0.25, -0.2) is 5.43 Å². The van der Waals surface area contributed by atoms with Gasteiger partial charge in [0.05, 0.1) is 4.92 Å². The van der Waals surface area contributed by atoms with Gasteiger partial charge in [0.15, 0.2) is 0 Å². The highest BCUT2D eigenvalue weighted by Crippen LogP contribution is 2.20. The van der Waals surface area contributed by atoms with Crippen molar-refractivity contribution in [2.75, 3.05) is 0 Å². The third kappa shape index (κ3) is 3.40. The van der Waals surface area contributed by atoms with E-state index in [1.165, 1.54) is 30.7 Å². The van der Waals surface area contributed by atoms with Crippen LogP contribution in [-0.2, 0) is 0 Å². The van der Waals surface area contributed by atoms with E-state index in [0.29, 0.717) is 5.92 Å². The number of carbonyl (C=O) groups excluding carboxylic acids is 1. The van der Waals surface area contributed by atoms with E-state index in [0.717, 1.165) is 25.0 Å². The van der Waals surface area contributed by atoms with Crippen molar-refractivity contribution >= 4 is 17.3 Å². The monoisotopic (exact) mass is 275 g/mol. The summed E-state index contributed by atoms with van der Waals surface area (Å²) in [5, 5.41) is 14.8. The average molecular weight is 275 g/mol. The maximum Gasteiger partial charge on any atom is 0.271 e. The Morgan fingerprint density at radius 3 is 2.95 bits per heavy atom. The minimum absolute atomic E-state index is 0.101. The van der Waals surface area contributed by atoms with E-state index in [4.69, 9.17) is 0 Å². The van der Waals surface area contributed by atoms with Crippen LogP contribution in [0, 0.1) is 16.0 Å². The first-order valence-electron chi connectivity index (χ1n) is 6.69. The first-order valence-corrected chi connectivity index (χ1v) is 6.69. The van der Waals surface area contributed by atoms with Crippen LogP contribution in [0.2, 0.25) is 0 Å². The molecule has 2 rings (SSSR count). The Balaban J connectivity index is 2.06. The largest absolute Gasteiger partial charge is 0.271 e. The smallest absolute Gasteiger partial charge is 0.267 e. The van der Waals surface area contributed by atoms with Crippen LogP contribution >= 0.6 is 0 Å². The van der Waals surface area contributed by atoms with Gasteiger partial charge in [0.2, 0.25) is 0 Å². The Bertz CT molecular complexity index is 554. The minimum Gasteiger partial charge on any atom is -0.267 e. The van der Waals surface area contributed by atoms with Crippen LogP contribution in [0.3, 0.4) is 0 Å². The lowest BCUT2D eigenvalue weighted by molar-refractivity contribution is -0.384. The molecular weight excluding hydrogens is 258 g/mol. The van der Waals surface area contributed by atoms with Crippen LogP contribution in [0.15, 0.2) is 29.4 Å². The number of hydrazone groups is 1. The Morgan fingerprint density at radius 1 is 1.45 bits per heavy atom. The number of nitrogens with zero attached hydrogens (tertiary/aromatic N) is 2. The Morgan fingerprint density at radius 2 is 2.25 bits per heavy atom. The second-order valence-electron chi connectivity index (χ2n) is 5.00. The molecule has 0 unspecified atom stereocenters. The van der Waals surface area contributed by atoms with Crippen molar-refractivity contribution in [2.24, 2.45) is 11.0 Å². The molecule has 1 N–H and O–H groups in total. The molecule has 1 aromatic rings. The fraction of sp³-hybridized carbons (Fsp3) is 0.429. The summed E-state index contributed by atoms with van der Waals surface area (Å²) in [6.07, 6.45) is 4.27. The zero-order valence-corrected chi connectivity index (χ0v) is 11.3. The number of nitro groups is 1. The van der Waals surface area contributed by atoms with E-state index < -0.39 is 10.8 Å². The summed E-state index contributed by atoms with van der Waals surface area (Å²) in [6.45, 7) is 2.09. The number of nitro benzene ring substituents is 1. The molecule has 106 valence electrons. The Hall–Kier alpha value is -2.24. The molecule has 1 atom stereocenters. The van der Waals surface area contributed by atoms with E-state index >= 15 is 0 Å². The Kier molecular flexibility index (Phi) is 4.45. The molecule has 6 heteroatoms. The molecule has 0 radical (unpaired) electrons. The van der Waals surface area contributed by atoms with Gasteiger partial charge < -0.3 is 0 Å². The number of carbonyl (C=O) groups is 1. The van der Waals surface area contributed by atoms with Gasteiger partial charge in [0.25, 0.3) is 11.6 Å². The number of benzene rings is 1. The standard InChI is InChI=1S/C14H17N3O3/c1-10-5-2-3-8-13(10)15-16-14(18)11-6-4-7-12(9-11)17(19)20/h4,6-7,9-10H,2-3,5,8H2,1H3,(H,16,18)/b15-13+/t10-/m1/s1. The van der Waals surface area contributed by atoms with E-state index in [-0.39, 0.29) is 11.3 Å². The molecule has 6 nitrogen and oxygen atoms in total. The van der Waals surface area contributed by atoms with Crippen LogP contribution < -0.4 is 5.43 Å². The molecule has 1 saturated carbocycles. The van der Waals surface area contributed by atoms with Crippen molar-refractivity contribution in [2.45, 2.75) is 32.6 Å². The van der Waals surface area contributed by atoms with Crippen LogP contribution in [-0.4, -0.2) is 16.5 Å². The summed E-state index contributed by atoms with van der Waals surface area (Å²) < 4.78 is 0. The van der Waals surface area contributed by atoms with Gasteiger partial charge in [-0.05, 0) is 31.2 Å². The number of non-ortho nitro benzene ring substituents is 1. The van der Waals surface area contributed by atoms with E-state index in [1.54, 1.807) is 0 Å². The molecule has 1 fully saturated rings. The quantitative estimate of drug-likeness (QED) is 0.680. The van der Waals surface area contributed by atoms with Crippen molar-refractivity contribution in [3.05, 3.63) is 39.9 Å². The number of hydrogen-bond acceptors (Lipinski definition) is 4. The number of amides is 1. The molecule has 1 aliphatic rings. The first-order chi connectivity index (χ1) is 9.58. The zero-order chi connectivity index (χ0) is 14.5. The lowest BCUT2D eigenvalue weighted by atomic mass is 9.89. The number of nitrogens with one attached hydrogen (secondary N) is 1. The molecule has 0 saturated heterocycles. The second-order valence-corrected chi connectivity index (χ2v) is 5.00. The molecule has 0 bridgehead atoms. The highest BCUT2D eigenvalue weighted by molar-refractivity contribution is 5.96. The van der Waals surface area contributed by atoms with Gasteiger partial charge >= 0.3 is 0 Å². The molecule has 20 heavy (non-hydrogen) atoms. The lowest BCUT2D eigenvalue weighted by Crippen LogP contribution is -2.24. The number of rotatable bonds is 3. The van der Waals surface area contributed by atoms with Crippen LogP contribution in [0.25, 0.3) is 0 Å². The SMILES string of the molecule is C[C@@H]1CCCC/C1=N\NC(=O)c1cccc([N+](=O)[O-])c1. The van der Waals surface area contributed by atoms with Crippen molar-refractivity contribution in [1.82, 2.24) is 5.43 Å². The molecule has 1 aliphatic carbocycles. The van der Waals surface area contributed by atoms with E-state index in [2.05, 4.69) is 17.5 Å². The fourth-order valence-corrected chi connectivity index (χ4v) is 2.28. The maximum absolute atomic E-state index is 11.9. The molecule has 1 aromatic carbocycles. The maximum atomic E-state index is 11.9. The van der Waals surface area contributed by atoms with Gasteiger partial charge in [-0.15, -0.1) is 0 Å². The average Bonchev–Trinajstić information content (AvgIpc) is 2.46. The predicted octanol–water partition coefficient (Wildman–Crippen LogP) is 2.89. The lowest BCUT2D eigenvalue weighted by Gasteiger charge is -2.19.